The van der Waals surface area contributed by atoms with Crippen LogP contribution in [0.25, 0.3) is 22.2 Å². The molecule has 0 spiro atoms. The van der Waals surface area contributed by atoms with Gasteiger partial charge in [-0.2, -0.15) is 0 Å². The quantitative estimate of drug-likeness (QED) is 0.463. The van der Waals surface area contributed by atoms with Gasteiger partial charge in [-0.05, 0) is 49.7 Å². The van der Waals surface area contributed by atoms with E-state index in [0.29, 0.717) is 29.3 Å². The largest absolute Gasteiger partial charge is 0.369 e. The lowest BCUT2D eigenvalue weighted by atomic mass is 10.1. The van der Waals surface area contributed by atoms with Crippen LogP contribution in [-0.2, 0) is 13.6 Å². The molecule has 35 heavy (non-hydrogen) atoms. The minimum absolute atomic E-state index is 0.123. The molecule has 0 amide bonds. The summed E-state index contributed by atoms with van der Waals surface area (Å²) in [5.74, 6) is 0.539. The van der Waals surface area contributed by atoms with Crippen LogP contribution in [0.4, 0.5) is 11.5 Å². The minimum Gasteiger partial charge on any atom is -0.369 e. The van der Waals surface area contributed by atoms with Crippen LogP contribution in [0, 0.1) is 0 Å². The second-order valence-corrected chi connectivity index (χ2v) is 9.28. The number of nitrogens with zero attached hydrogens (tertiary/aromatic N) is 6. The molecule has 0 atom stereocenters. The summed E-state index contributed by atoms with van der Waals surface area (Å²) < 4.78 is 1.48. The Kier molecular flexibility index (Phi) is 6.46. The molecule has 0 saturated carbocycles. The fourth-order valence-corrected chi connectivity index (χ4v) is 4.52. The SMILES string of the molecule is CC(C)N1CCN(c2ccc(-c3cc4ncn(C)c(=O)c4c(NCc4ccncc4)n3)cc2)CC1. The van der Waals surface area contributed by atoms with Crippen molar-refractivity contribution in [2.45, 2.75) is 26.4 Å². The molecule has 1 aliphatic rings. The molecule has 4 heterocycles. The zero-order valence-corrected chi connectivity index (χ0v) is 20.5. The van der Waals surface area contributed by atoms with Crippen molar-refractivity contribution in [2.24, 2.45) is 7.05 Å². The maximum atomic E-state index is 12.9. The predicted molar refractivity (Wildman–Crippen MR) is 141 cm³/mol. The van der Waals surface area contributed by atoms with Crippen molar-refractivity contribution in [3.05, 3.63) is 77.1 Å². The number of piperazine rings is 1. The predicted octanol–water partition coefficient (Wildman–Crippen LogP) is 3.53. The molecule has 0 unspecified atom stereocenters. The molecule has 8 nitrogen and oxygen atoms in total. The number of aromatic nitrogens is 4. The molecule has 5 rings (SSSR count). The fraction of sp³-hybridized carbons (Fsp3) is 0.333. The van der Waals surface area contributed by atoms with Crippen LogP contribution >= 0.6 is 0 Å². The summed E-state index contributed by atoms with van der Waals surface area (Å²) in [6, 6.07) is 14.9. The Morgan fingerprint density at radius 2 is 1.71 bits per heavy atom. The Hall–Kier alpha value is -3.78. The van der Waals surface area contributed by atoms with Crippen LogP contribution in [0.1, 0.15) is 19.4 Å². The molecule has 0 bridgehead atoms. The third-order valence-electron chi connectivity index (χ3n) is 6.68. The normalized spacial score (nSPS) is 14.6. The fourth-order valence-electron chi connectivity index (χ4n) is 4.52. The molecule has 3 aromatic heterocycles. The van der Waals surface area contributed by atoms with Crippen LogP contribution in [-0.4, -0.2) is 56.6 Å². The molecule has 1 aliphatic heterocycles. The molecule has 4 aromatic rings. The number of pyridine rings is 2. The van der Waals surface area contributed by atoms with Crippen molar-refractivity contribution >= 4 is 22.4 Å². The van der Waals surface area contributed by atoms with Gasteiger partial charge < -0.3 is 14.8 Å². The first-order chi connectivity index (χ1) is 17.0. The highest BCUT2D eigenvalue weighted by atomic mass is 16.1. The van der Waals surface area contributed by atoms with E-state index in [1.54, 1.807) is 25.8 Å². The highest BCUT2D eigenvalue weighted by Gasteiger charge is 2.19. The monoisotopic (exact) mass is 469 g/mol. The van der Waals surface area contributed by atoms with Crippen LogP contribution in [0.3, 0.4) is 0 Å². The Morgan fingerprint density at radius 3 is 2.40 bits per heavy atom. The van der Waals surface area contributed by atoms with Gasteiger partial charge in [0.2, 0.25) is 0 Å². The Bertz CT molecular complexity index is 1360. The summed E-state index contributed by atoms with van der Waals surface area (Å²) in [6.07, 6.45) is 5.06. The Labute approximate surface area is 205 Å². The number of benzene rings is 1. The summed E-state index contributed by atoms with van der Waals surface area (Å²) >= 11 is 0. The number of hydrogen-bond donors (Lipinski definition) is 1. The zero-order chi connectivity index (χ0) is 24.4. The van der Waals surface area contributed by atoms with Gasteiger partial charge in [-0.3, -0.25) is 14.7 Å². The van der Waals surface area contributed by atoms with Crippen LogP contribution in [0.2, 0.25) is 0 Å². The minimum atomic E-state index is -0.123. The van der Waals surface area contributed by atoms with E-state index < -0.39 is 0 Å². The van der Waals surface area contributed by atoms with Gasteiger partial charge in [-0.25, -0.2) is 9.97 Å². The summed E-state index contributed by atoms with van der Waals surface area (Å²) in [7, 11) is 1.70. The lowest BCUT2D eigenvalue weighted by Crippen LogP contribution is -2.48. The zero-order valence-electron chi connectivity index (χ0n) is 20.5. The van der Waals surface area contributed by atoms with E-state index in [1.807, 2.05) is 18.2 Å². The van der Waals surface area contributed by atoms with Crippen molar-refractivity contribution in [1.82, 2.24) is 24.4 Å². The highest BCUT2D eigenvalue weighted by Crippen LogP contribution is 2.27. The average Bonchev–Trinajstić information content (AvgIpc) is 2.90. The van der Waals surface area contributed by atoms with Crippen molar-refractivity contribution in [3.63, 3.8) is 0 Å². The van der Waals surface area contributed by atoms with Gasteiger partial charge in [0.15, 0.2) is 0 Å². The van der Waals surface area contributed by atoms with Crippen LogP contribution < -0.4 is 15.8 Å². The number of nitrogens with one attached hydrogen (secondary N) is 1. The second kappa shape index (κ2) is 9.84. The smallest absolute Gasteiger partial charge is 0.264 e. The number of fused-ring (bicyclic) bond motifs is 1. The number of anilines is 2. The standard InChI is InChI=1S/C27H31N7O/c1-19(2)33-12-14-34(15-13-33)22-6-4-21(5-7-22)23-16-24-25(27(35)32(3)18-30-24)26(31-23)29-17-20-8-10-28-11-9-20/h4-11,16,18-19H,12-15,17H2,1-3H3,(H,29,31). The third-order valence-corrected chi connectivity index (χ3v) is 6.68. The molecule has 180 valence electrons. The first-order valence-corrected chi connectivity index (χ1v) is 12.1. The van der Waals surface area contributed by atoms with E-state index in [0.717, 1.165) is 43.0 Å². The van der Waals surface area contributed by atoms with E-state index >= 15 is 0 Å². The van der Waals surface area contributed by atoms with Gasteiger partial charge in [0.25, 0.3) is 5.56 Å². The van der Waals surface area contributed by atoms with Gasteiger partial charge in [0.1, 0.15) is 11.2 Å². The van der Waals surface area contributed by atoms with E-state index in [-0.39, 0.29) is 5.56 Å². The number of hydrogen-bond acceptors (Lipinski definition) is 7. The van der Waals surface area contributed by atoms with Gasteiger partial charge in [0.05, 0.1) is 17.5 Å². The first-order valence-electron chi connectivity index (χ1n) is 12.1. The van der Waals surface area contributed by atoms with Crippen molar-refractivity contribution in [1.29, 1.82) is 0 Å². The van der Waals surface area contributed by atoms with Gasteiger partial charge in [-0.1, -0.05) is 12.1 Å². The average molecular weight is 470 g/mol. The third kappa shape index (κ3) is 4.88. The summed E-state index contributed by atoms with van der Waals surface area (Å²) in [6.45, 7) is 9.27. The molecular formula is C27H31N7O. The summed E-state index contributed by atoms with van der Waals surface area (Å²) in [5.41, 5.74) is 4.56. The lowest BCUT2D eigenvalue weighted by molar-refractivity contribution is 0.209. The maximum Gasteiger partial charge on any atom is 0.264 e. The van der Waals surface area contributed by atoms with Crippen molar-refractivity contribution in [2.75, 3.05) is 36.4 Å². The van der Waals surface area contributed by atoms with Gasteiger partial charge in [0, 0.05) is 69.5 Å². The molecular weight excluding hydrogens is 438 g/mol. The molecule has 1 N–H and O–H groups in total. The lowest BCUT2D eigenvalue weighted by Gasteiger charge is -2.38. The first kappa shape index (κ1) is 23.0. The molecule has 1 saturated heterocycles. The number of aryl methyl sites for hydroxylation is 1. The van der Waals surface area contributed by atoms with Crippen LogP contribution in [0.5, 0.6) is 0 Å². The Morgan fingerprint density at radius 1 is 1.00 bits per heavy atom. The van der Waals surface area contributed by atoms with E-state index in [2.05, 4.69) is 63.2 Å². The molecule has 8 heteroatoms. The second-order valence-electron chi connectivity index (χ2n) is 9.28. The summed E-state index contributed by atoms with van der Waals surface area (Å²) in [4.78, 5) is 31.3. The molecule has 0 radical (unpaired) electrons. The van der Waals surface area contributed by atoms with Crippen molar-refractivity contribution < 1.29 is 0 Å². The van der Waals surface area contributed by atoms with Crippen molar-refractivity contribution in [3.8, 4) is 11.3 Å². The van der Waals surface area contributed by atoms with E-state index in [1.165, 1.54) is 10.3 Å². The van der Waals surface area contributed by atoms with Crippen LogP contribution in [0.15, 0.2) is 66.0 Å². The molecule has 1 fully saturated rings. The number of rotatable bonds is 6. The van der Waals surface area contributed by atoms with Gasteiger partial charge in [-0.15, -0.1) is 0 Å². The maximum absolute atomic E-state index is 12.9. The van der Waals surface area contributed by atoms with E-state index in [9.17, 15) is 4.79 Å². The van der Waals surface area contributed by atoms with Gasteiger partial charge >= 0.3 is 0 Å². The van der Waals surface area contributed by atoms with E-state index in [4.69, 9.17) is 4.98 Å². The topological polar surface area (TPSA) is 79.2 Å². The summed E-state index contributed by atoms with van der Waals surface area (Å²) in [5, 5.41) is 3.85. The Balaban J connectivity index is 1.44. The highest BCUT2D eigenvalue weighted by molar-refractivity contribution is 5.91. The molecule has 1 aromatic carbocycles. The molecule has 0 aliphatic carbocycles.